The van der Waals surface area contributed by atoms with Gasteiger partial charge in [0.05, 0.1) is 6.61 Å². The topological polar surface area (TPSA) is 74.2 Å². The summed E-state index contributed by atoms with van der Waals surface area (Å²) in [6.45, 7) is 3.20. The maximum atomic E-state index is 12.5. The number of carbonyl (C=O) groups excluding carboxylic acids is 2. The number of thioether (sulfide) groups is 1. The summed E-state index contributed by atoms with van der Waals surface area (Å²) in [5, 5.41) is 3.18. The molecule has 1 aromatic rings. The Kier molecular flexibility index (Phi) is 5.29. The maximum Gasteiger partial charge on any atom is 0.325 e. The molecule has 1 fully saturated rings. The molecule has 1 aromatic carbocycles. The Morgan fingerprint density at radius 3 is 2.88 bits per heavy atom. The van der Waals surface area contributed by atoms with Gasteiger partial charge in [-0.1, -0.05) is 41.6 Å². The molecule has 0 aromatic heterocycles. The van der Waals surface area contributed by atoms with Crippen molar-refractivity contribution in [2.75, 3.05) is 26.5 Å². The van der Waals surface area contributed by atoms with Crippen molar-refractivity contribution in [1.29, 1.82) is 0 Å². The molecule has 0 aliphatic carbocycles. The number of fused-ring (bicyclic) bond motifs is 1. The standard InChI is InChI=1S/C17H22N4O3S/c1-11-5-4-6-12(9-11)10-21-13-14(18-17(21)25-8-7-24-3)20(2)16(23)19-15(13)22/h4-6,9,13-14H,7-8,10H2,1-3H3,(H,19,22,23). The number of aryl methyl sites for hydroxylation is 1. The van der Waals surface area contributed by atoms with Crippen LogP contribution in [-0.2, 0) is 16.1 Å². The van der Waals surface area contributed by atoms with Crippen LogP contribution in [0.3, 0.4) is 0 Å². The lowest BCUT2D eigenvalue weighted by Crippen LogP contribution is -2.63. The van der Waals surface area contributed by atoms with Crippen LogP contribution in [0.5, 0.6) is 0 Å². The van der Waals surface area contributed by atoms with Crippen molar-refractivity contribution in [2.45, 2.75) is 25.7 Å². The van der Waals surface area contributed by atoms with Crippen molar-refractivity contribution in [3.8, 4) is 0 Å². The number of aliphatic imine (C=N–C) groups is 1. The third-order valence-corrected chi connectivity index (χ3v) is 5.25. The van der Waals surface area contributed by atoms with E-state index >= 15 is 0 Å². The van der Waals surface area contributed by atoms with Gasteiger partial charge in [-0.05, 0) is 12.5 Å². The largest absolute Gasteiger partial charge is 0.384 e. The van der Waals surface area contributed by atoms with Crippen molar-refractivity contribution in [1.82, 2.24) is 15.1 Å². The second-order valence-corrected chi connectivity index (χ2v) is 7.20. The average Bonchev–Trinajstić information content (AvgIpc) is 2.92. The molecule has 0 bridgehead atoms. The van der Waals surface area contributed by atoms with Gasteiger partial charge in [-0.25, -0.2) is 9.79 Å². The molecule has 0 spiro atoms. The highest BCUT2D eigenvalue weighted by molar-refractivity contribution is 8.13. The predicted octanol–water partition coefficient (Wildman–Crippen LogP) is 1.42. The van der Waals surface area contributed by atoms with Crippen LogP contribution < -0.4 is 5.32 Å². The minimum atomic E-state index is -0.506. The first-order valence-corrected chi connectivity index (χ1v) is 9.09. The molecule has 8 heteroatoms. The van der Waals surface area contributed by atoms with Gasteiger partial charge in [-0.15, -0.1) is 0 Å². The number of methoxy groups -OCH3 is 1. The van der Waals surface area contributed by atoms with Gasteiger partial charge >= 0.3 is 6.03 Å². The summed E-state index contributed by atoms with van der Waals surface area (Å²) in [6, 6.07) is 7.26. The van der Waals surface area contributed by atoms with Crippen molar-refractivity contribution in [3.05, 3.63) is 35.4 Å². The molecule has 0 saturated carbocycles. The molecular formula is C17H22N4O3S. The van der Waals surface area contributed by atoms with Gasteiger partial charge in [0.1, 0.15) is 0 Å². The van der Waals surface area contributed by atoms with Crippen molar-refractivity contribution in [3.63, 3.8) is 0 Å². The fourth-order valence-corrected chi connectivity index (χ4v) is 3.97. The predicted molar refractivity (Wildman–Crippen MR) is 97.4 cm³/mol. The highest BCUT2D eigenvalue weighted by atomic mass is 32.2. The highest BCUT2D eigenvalue weighted by Crippen LogP contribution is 2.30. The van der Waals surface area contributed by atoms with E-state index in [4.69, 9.17) is 4.74 Å². The first-order valence-electron chi connectivity index (χ1n) is 8.10. The summed E-state index contributed by atoms with van der Waals surface area (Å²) in [5.74, 6) is 0.435. The van der Waals surface area contributed by atoms with E-state index in [-0.39, 0.29) is 5.91 Å². The Hall–Kier alpha value is -2.06. The molecule has 1 N–H and O–H groups in total. The van der Waals surface area contributed by atoms with E-state index in [9.17, 15) is 9.59 Å². The molecule has 25 heavy (non-hydrogen) atoms. The zero-order chi connectivity index (χ0) is 18.0. The second-order valence-electron chi connectivity index (χ2n) is 6.13. The number of carbonyl (C=O) groups is 2. The second kappa shape index (κ2) is 7.45. The molecule has 3 amide bonds. The van der Waals surface area contributed by atoms with E-state index in [0.29, 0.717) is 13.2 Å². The Morgan fingerprint density at radius 1 is 1.36 bits per heavy atom. The number of imide groups is 1. The lowest BCUT2D eigenvalue weighted by Gasteiger charge is -2.36. The third-order valence-electron chi connectivity index (χ3n) is 4.28. The molecule has 2 heterocycles. The van der Waals surface area contributed by atoms with E-state index in [1.54, 1.807) is 25.9 Å². The molecule has 0 radical (unpaired) electrons. The minimum absolute atomic E-state index is 0.299. The van der Waals surface area contributed by atoms with Gasteiger partial charge in [0.2, 0.25) is 0 Å². The van der Waals surface area contributed by atoms with E-state index in [0.717, 1.165) is 16.5 Å². The molecule has 3 rings (SSSR count). The van der Waals surface area contributed by atoms with Crippen molar-refractivity contribution < 1.29 is 14.3 Å². The Labute approximate surface area is 151 Å². The zero-order valence-corrected chi connectivity index (χ0v) is 15.4. The number of nitrogens with zero attached hydrogens (tertiary/aromatic N) is 3. The molecule has 134 valence electrons. The van der Waals surface area contributed by atoms with E-state index in [1.807, 2.05) is 30.0 Å². The molecule has 2 unspecified atom stereocenters. The number of nitrogens with one attached hydrogen (secondary N) is 1. The van der Waals surface area contributed by atoms with Crippen LogP contribution >= 0.6 is 11.8 Å². The molecule has 2 aliphatic rings. The smallest absolute Gasteiger partial charge is 0.325 e. The van der Waals surface area contributed by atoms with Crippen LogP contribution in [-0.4, -0.2) is 65.6 Å². The molecule has 1 saturated heterocycles. The Bertz CT molecular complexity index is 709. The van der Waals surface area contributed by atoms with Crippen LogP contribution in [0.2, 0.25) is 0 Å². The Balaban J connectivity index is 1.87. The zero-order valence-electron chi connectivity index (χ0n) is 14.6. The number of benzene rings is 1. The molecule has 7 nitrogen and oxygen atoms in total. The summed E-state index contributed by atoms with van der Waals surface area (Å²) in [6.07, 6.45) is -0.490. The summed E-state index contributed by atoms with van der Waals surface area (Å²) < 4.78 is 5.11. The van der Waals surface area contributed by atoms with Gasteiger partial charge in [-0.2, -0.15) is 0 Å². The number of hydrogen-bond acceptors (Lipinski definition) is 6. The maximum absolute atomic E-state index is 12.5. The van der Waals surface area contributed by atoms with E-state index in [1.165, 1.54) is 10.5 Å². The molecule has 2 aliphatic heterocycles. The van der Waals surface area contributed by atoms with Crippen LogP contribution in [0, 0.1) is 6.92 Å². The summed E-state index contributed by atoms with van der Waals surface area (Å²) >= 11 is 1.54. The van der Waals surface area contributed by atoms with Gasteiger partial charge in [0.15, 0.2) is 17.4 Å². The fraction of sp³-hybridized carbons (Fsp3) is 0.471. The minimum Gasteiger partial charge on any atom is -0.384 e. The number of amides is 3. The number of hydrogen-bond donors (Lipinski definition) is 1. The van der Waals surface area contributed by atoms with Gasteiger partial charge in [-0.3, -0.25) is 10.1 Å². The summed E-state index contributed by atoms with van der Waals surface area (Å²) in [5.41, 5.74) is 2.27. The van der Waals surface area contributed by atoms with Gasteiger partial charge < -0.3 is 14.5 Å². The summed E-state index contributed by atoms with van der Waals surface area (Å²) in [7, 11) is 3.32. The summed E-state index contributed by atoms with van der Waals surface area (Å²) in [4.78, 5) is 32.5. The highest BCUT2D eigenvalue weighted by Gasteiger charge is 2.48. The quantitative estimate of drug-likeness (QED) is 0.802. The van der Waals surface area contributed by atoms with E-state index < -0.39 is 18.2 Å². The lowest BCUT2D eigenvalue weighted by atomic mass is 10.1. The van der Waals surface area contributed by atoms with Crippen LogP contribution in [0.1, 0.15) is 11.1 Å². The monoisotopic (exact) mass is 362 g/mol. The van der Waals surface area contributed by atoms with Crippen molar-refractivity contribution in [2.24, 2.45) is 4.99 Å². The van der Waals surface area contributed by atoms with E-state index in [2.05, 4.69) is 16.4 Å². The number of likely N-dealkylation sites (N-methyl/N-ethyl adjacent to an activating group) is 1. The Morgan fingerprint density at radius 2 is 2.16 bits per heavy atom. The lowest BCUT2D eigenvalue weighted by molar-refractivity contribution is -0.127. The SMILES string of the molecule is COCCSC1=NC2C(C(=O)NC(=O)N2C)N1Cc1cccc(C)c1. The number of amidine groups is 1. The first kappa shape index (κ1) is 17.8. The van der Waals surface area contributed by atoms with Crippen LogP contribution in [0.4, 0.5) is 4.79 Å². The first-order chi connectivity index (χ1) is 12.0. The van der Waals surface area contributed by atoms with Crippen molar-refractivity contribution >= 4 is 28.9 Å². The fourth-order valence-electron chi connectivity index (χ4n) is 3.01. The third kappa shape index (κ3) is 3.64. The van der Waals surface area contributed by atoms with Gasteiger partial charge in [0.25, 0.3) is 5.91 Å². The number of rotatable bonds is 5. The van der Waals surface area contributed by atoms with Crippen LogP contribution in [0.25, 0.3) is 0 Å². The molecular weight excluding hydrogens is 340 g/mol. The number of urea groups is 1. The number of ether oxygens (including phenoxy) is 1. The average molecular weight is 362 g/mol. The normalized spacial score (nSPS) is 22.8. The van der Waals surface area contributed by atoms with Gasteiger partial charge in [0, 0.05) is 26.5 Å². The van der Waals surface area contributed by atoms with Crippen LogP contribution in [0.15, 0.2) is 29.3 Å². The molecule has 2 atom stereocenters.